The molecule has 5 rings (SSSR count). The van der Waals surface area contributed by atoms with E-state index >= 15 is 0 Å². The number of carbonyl (C=O) groups excluding carboxylic acids is 1. The number of para-hydroxylation sites is 1. The number of carboxylic acid groups (broad SMARTS) is 1. The number of hydrogen-bond donors (Lipinski definition) is 2. The highest BCUT2D eigenvalue weighted by molar-refractivity contribution is 8.18. The molecule has 6 nitrogen and oxygen atoms in total. The number of alkyl halides is 3. The lowest BCUT2D eigenvalue weighted by atomic mass is 10.00. The lowest BCUT2D eigenvalue weighted by molar-refractivity contribution is -0.192. The quantitative estimate of drug-likeness (QED) is 0.238. The topological polar surface area (TPSA) is 91.6 Å². The SMILES string of the molecule is O=C(O)C(F)(F)F.O=C1NC(=Nc2c(Cl)cccc2Cl)S/C1=C\c1ccc2nccc(-c3ccccc3)c2c1. The van der Waals surface area contributed by atoms with Crippen LogP contribution in [0.15, 0.2) is 88.9 Å². The van der Waals surface area contributed by atoms with Crippen LogP contribution in [0.25, 0.3) is 28.1 Å². The number of aromatic nitrogens is 1. The van der Waals surface area contributed by atoms with E-state index < -0.39 is 12.1 Å². The Morgan fingerprint density at radius 3 is 2.31 bits per heavy atom. The van der Waals surface area contributed by atoms with Gasteiger partial charge in [0.2, 0.25) is 0 Å². The van der Waals surface area contributed by atoms with Crippen LogP contribution >= 0.6 is 35.0 Å². The highest BCUT2D eigenvalue weighted by Crippen LogP contribution is 2.36. The van der Waals surface area contributed by atoms with Crippen molar-refractivity contribution in [3.8, 4) is 11.1 Å². The van der Waals surface area contributed by atoms with E-state index in [4.69, 9.17) is 33.1 Å². The highest BCUT2D eigenvalue weighted by Gasteiger charge is 2.38. The molecule has 0 spiro atoms. The predicted molar refractivity (Wildman–Crippen MR) is 148 cm³/mol. The average Bonchev–Trinajstić information content (AvgIpc) is 3.24. The fourth-order valence-corrected chi connectivity index (χ4v) is 4.76. The Hall–Kier alpha value is -3.86. The Balaban J connectivity index is 0.000000448. The molecular formula is C27H16Cl2F3N3O3S. The molecule has 12 heteroatoms. The summed E-state index contributed by atoms with van der Waals surface area (Å²) < 4.78 is 31.7. The van der Waals surface area contributed by atoms with Crippen molar-refractivity contribution >= 4 is 74.7 Å². The van der Waals surface area contributed by atoms with Gasteiger partial charge in [-0.3, -0.25) is 9.78 Å². The Morgan fingerprint density at radius 1 is 1.00 bits per heavy atom. The second-order valence-electron chi connectivity index (χ2n) is 7.86. The summed E-state index contributed by atoms with van der Waals surface area (Å²) in [4.78, 5) is 30.9. The summed E-state index contributed by atoms with van der Waals surface area (Å²) >= 11 is 13.6. The molecular weight excluding hydrogens is 574 g/mol. The molecule has 0 aliphatic carbocycles. The van der Waals surface area contributed by atoms with Crippen LogP contribution in [-0.2, 0) is 9.59 Å². The summed E-state index contributed by atoms with van der Waals surface area (Å²) in [6, 6.07) is 23.3. The van der Waals surface area contributed by atoms with Crippen LogP contribution in [-0.4, -0.2) is 33.3 Å². The van der Waals surface area contributed by atoms with Gasteiger partial charge in [-0.2, -0.15) is 13.2 Å². The Kier molecular flexibility index (Phi) is 8.59. The number of pyridine rings is 1. The minimum atomic E-state index is -5.08. The summed E-state index contributed by atoms with van der Waals surface area (Å²) in [7, 11) is 0. The number of hydrogen-bond acceptors (Lipinski definition) is 5. The van der Waals surface area contributed by atoms with Gasteiger partial charge in [0.05, 0.1) is 20.5 Å². The van der Waals surface area contributed by atoms with Crippen LogP contribution in [0.1, 0.15) is 5.56 Å². The van der Waals surface area contributed by atoms with E-state index in [0.717, 1.165) is 27.6 Å². The second-order valence-corrected chi connectivity index (χ2v) is 9.70. The standard InChI is InChI=1S/C25H15Cl2N3OS.C2HF3O2/c26-19-7-4-8-20(27)23(19)29-25-30-24(31)22(32-25)14-15-9-10-21-18(13-15)17(11-12-28-21)16-5-2-1-3-6-16;3-2(4,5)1(6)7/h1-14H,(H,29,30,31);(H,6,7)/b22-14-;. The van der Waals surface area contributed by atoms with E-state index in [1.165, 1.54) is 11.8 Å². The van der Waals surface area contributed by atoms with Gasteiger partial charge in [0, 0.05) is 11.6 Å². The summed E-state index contributed by atoms with van der Waals surface area (Å²) in [5.41, 5.74) is 4.44. The third kappa shape index (κ3) is 6.97. The molecule has 2 heterocycles. The molecule has 1 amide bonds. The molecule has 4 aromatic rings. The first-order valence-corrected chi connectivity index (χ1v) is 12.6. The number of thioether (sulfide) groups is 1. The first-order chi connectivity index (χ1) is 18.5. The third-order valence-corrected chi connectivity index (χ3v) is 6.71. The zero-order chi connectivity index (χ0) is 28.2. The Labute approximate surface area is 234 Å². The number of carboxylic acids is 1. The summed E-state index contributed by atoms with van der Waals surface area (Å²) in [5.74, 6) is -2.97. The minimum absolute atomic E-state index is 0.216. The fourth-order valence-electron chi connectivity index (χ4n) is 3.45. The normalized spacial score (nSPS) is 15.3. The van der Waals surface area contributed by atoms with Gasteiger partial charge in [-0.1, -0.05) is 65.7 Å². The number of halogens is 5. The van der Waals surface area contributed by atoms with Gasteiger partial charge in [0.15, 0.2) is 5.17 Å². The van der Waals surface area contributed by atoms with Crippen molar-refractivity contribution in [3.63, 3.8) is 0 Å². The molecule has 0 saturated carbocycles. The molecule has 1 aliphatic rings. The number of fused-ring (bicyclic) bond motifs is 1. The van der Waals surface area contributed by atoms with Gasteiger partial charge in [-0.05, 0) is 64.9 Å². The van der Waals surface area contributed by atoms with Crippen molar-refractivity contribution in [2.75, 3.05) is 0 Å². The van der Waals surface area contributed by atoms with Crippen LogP contribution < -0.4 is 5.32 Å². The third-order valence-electron chi connectivity index (χ3n) is 5.19. The summed E-state index contributed by atoms with van der Waals surface area (Å²) in [5, 5.41) is 12.2. The molecule has 3 aromatic carbocycles. The molecule has 2 N–H and O–H groups in total. The van der Waals surface area contributed by atoms with Gasteiger partial charge >= 0.3 is 12.1 Å². The van der Waals surface area contributed by atoms with Crippen molar-refractivity contribution in [2.45, 2.75) is 6.18 Å². The van der Waals surface area contributed by atoms with Crippen molar-refractivity contribution in [1.29, 1.82) is 0 Å². The predicted octanol–water partition coefficient (Wildman–Crippen LogP) is 7.73. The van der Waals surface area contributed by atoms with E-state index in [1.54, 1.807) is 18.2 Å². The number of amides is 1. The number of benzene rings is 3. The van der Waals surface area contributed by atoms with E-state index in [9.17, 15) is 18.0 Å². The fraction of sp³-hybridized carbons (Fsp3) is 0.0370. The molecule has 0 unspecified atom stereocenters. The highest BCUT2D eigenvalue weighted by atomic mass is 35.5. The molecule has 1 saturated heterocycles. The number of rotatable bonds is 3. The number of nitrogens with zero attached hydrogens (tertiary/aromatic N) is 2. The van der Waals surface area contributed by atoms with Crippen molar-refractivity contribution in [1.82, 2.24) is 10.3 Å². The first kappa shape index (κ1) is 28.2. The number of amidine groups is 1. The smallest absolute Gasteiger partial charge is 0.475 e. The lowest BCUT2D eigenvalue weighted by Gasteiger charge is -2.07. The maximum Gasteiger partial charge on any atom is 0.490 e. The van der Waals surface area contributed by atoms with E-state index in [-0.39, 0.29) is 5.91 Å². The van der Waals surface area contributed by atoms with Crippen molar-refractivity contribution < 1.29 is 27.9 Å². The number of aliphatic carboxylic acids is 1. The van der Waals surface area contributed by atoms with Crippen LogP contribution in [0.4, 0.5) is 18.9 Å². The van der Waals surface area contributed by atoms with E-state index in [2.05, 4.69) is 27.4 Å². The molecule has 0 radical (unpaired) electrons. The molecule has 1 fully saturated rings. The van der Waals surface area contributed by atoms with Crippen LogP contribution in [0, 0.1) is 0 Å². The monoisotopic (exact) mass is 589 g/mol. The molecule has 0 bridgehead atoms. The van der Waals surface area contributed by atoms with Gasteiger partial charge in [0.25, 0.3) is 5.91 Å². The minimum Gasteiger partial charge on any atom is -0.475 e. The van der Waals surface area contributed by atoms with Crippen LogP contribution in [0.5, 0.6) is 0 Å². The summed E-state index contributed by atoms with van der Waals surface area (Å²) in [6.45, 7) is 0. The zero-order valence-corrected chi connectivity index (χ0v) is 21.9. The average molecular weight is 590 g/mol. The molecule has 1 aromatic heterocycles. The van der Waals surface area contributed by atoms with Crippen molar-refractivity contribution in [3.05, 3.63) is 99.5 Å². The van der Waals surface area contributed by atoms with E-state index in [0.29, 0.717) is 25.8 Å². The molecule has 198 valence electrons. The van der Waals surface area contributed by atoms with Crippen LogP contribution in [0.3, 0.4) is 0 Å². The first-order valence-electron chi connectivity index (χ1n) is 11.0. The second kappa shape index (κ2) is 11.9. The lowest BCUT2D eigenvalue weighted by Crippen LogP contribution is -2.21. The number of nitrogens with one attached hydrogen (secondary N) is 1. The maximum absolute atomic E-state index is 12.5. The molecule has 1 aliphatic heterocycles. The largest absolute Gasteiger partial charge is 0.490 e. The van der Waals surface area contributed by atoms with Gasteiger partial charge in [-0.15, -0.1) is 0 Å². The number of aliphatic imine (C=N–C) groups is 1. The summed E-state index contributed by atoms with van der Waals surface area (Å²) in [6.07, 6.45) is -1.43. The van der Waals surface area contributed by atoms with Gasteiger partial charge in [0.1, 0.15) is 5.69 Å². The van der Waals surface area contributed by atoms with Gasteiger partial charge < -0.3 is 10.4 Å². The Bertz CT molecular complexity index is 1610. The molecule has 39 heavy (non-hydrogen) atoms. The maximum atomic E-state index is 12.5. The van der Waals surface area contributed by atoms with Gasteiger partial charge in [-0.25, -0.2) is 9.79 Å². The van der Waals surface area contributed by atoms with Crippen molar-refractivity contribution in [2.24, 2.45) is 4.99 Å². The Morgan fingerprint density at radius 2 is 1.67 bits per heavy atom. The van der Waals surface area contributed by atoms with E-state index in [1.807, 2.05) is 54.7 Å². The van der Waals surface area contributed by atoms with Crippen LogP contribution in [0.2, 0.25) is 10.0 Å². The number of carbonyl (C=O) groups is 2. The molecule has 0 atom stereocenters. The zero-order valence-electron chi connectivity index (χ0n) is 19.5.